The molecule has 0 aliphatic carbocycles. The summed E-state index contributed by atoms with van der Waals surface area (Å²) in [5, 5.41) is 8.98. The van der Waals surface area contributed by atoms with E-state index in [1.807, 2.05) is 17.9 Å². The van der Waals surface area contributed by atoms with Crippen LogP contribution >= 0.6 is 11.6 Å². The molecule has 0 unspecified atom stereocenters. The largest absolute Gasteiger partial charge is 0.396 e. The van der Waals surface area contributed by atoms with E-state index in [4.69, 9.17) is 16.7 Å². The van der Waals surface area contributed by atoms with Gasteiger partial charge in [0.1, 0.15) is 5.82 Å². The fourth-order valence-electron chi connectivity index (χ4n) is 1.20. The van der Waals surface area contributed by atoms with Gasteiger partial charge in [-0.2, -0.15) is 0 Å². The minimum atomic E-state index is 0.190. The predicted molar refractivity (Wildman–Crippen MR) is 56.6 cm³/mol. The Kier molecular flexibility index (Phi) is 4.62. The smallest absolute Gasteiger partial charge is 0.224 e. The molecule has 1 aromatic heterocycles. The molecule has 1 heterocycles. The van der Waals surface area contributed by atoms with Gasteiger partial charge in [-0.25, -0.2) is 9.97 Å². The van der Waals surface area contributed by atoms with Gasteiger partial charge in [0, 0.05) is 25.9 Å². The summed E-state index contributed by atoms with van der Waals surface area (Å²) in [7, 11) is 0. The molecule has 0 radical (unpaired) electrons. The molecule has 4 nitrogen and oxygen atoms in total. The highest BCUT2D eigenvalue weighted by Gasteiger charge is 2.05. The summed E-state index contributed by atoms with van der Waals surface area (Å²) >= 11 is 5.68. The second-order valence-corrected chi connectivity index (χ2v) is 3.18. The topological polar surface area (TPSA) is 49.2 Å². The van der Waals surface area contributed by atoms with Crippen molar-refractivity contribution in [3.63, 3.8) is 0 Å². The molecule has 1 aromatic rings. The molecule has 0 bridgehead atoms. The fraction of sp³-hybridized carbons (Fsp3) is 0.556. The molecule has 14 heavy (non-hydrogen) atoms. The maximum Gasteiger partial charge on any atom is 0.224 e. The van der Waals surface area contributed by atoms with Crippen molar-refractivity contribution >= 4 is 17.4 Å². The lowest BCUT2D eigenvalue weighted by Crippen LogP contribution is -2.25. The van der Waals surface area contributed by atoms with Gasteiger partial charge in [0.15, 0.2) is 0 Å². The van der Waals surface area contributed by atoms with Crippen LogP contribution < -0.4 is 4.90 Å². The first-order valence-electron chi connectivity index (χ1n) is 4.62. The van der Waals surface area contributed by atoms with Gasteiger partial charge in [-0.05, 0) is 31.0 Å². The second-order valence-electron chi connectivity index (χ2n) is 2.84. The van der Waals surface area contributed by atoms with E-state index in [2.05, 4.69) is 9.97 Å². The highest BCUT2D eigenvalue weighted by molar-refractivity contribution is 6.28. The van der Waals surface area contributed by atoms with Crippen LogP contribution in [0.15, 0.2) is 12.3 Å². The maximum atomic E-state index is 8.73. The third-order valence-corrected chi connectivity index (χ3v) is 2.09. The van der Waals surface area contributed by atoms with E-state index in [1.54, 1.807) is 6.20 Å². The van der Waals surface area contributed by atoms with E-state index in [0.717, 1.165) is 25.3 Å². The zero-order valence-corrected chi connectivity index (χ0v) is 8.91. The maximum absolute atomic E-state index is 8.73. The van der Waals surface area contributed by atoms with Gasteiger partial charge in [-0.1, -0.05) is 0 Å². The monoisotopic (exact) mass is 215 g/mol. The molecule has 0 saturated carbocycles. The first-order chi connectivity index (χ1) is 6.77. The van der Waals surface area contributed by atoms with Crippen LogP contribution in [0.2, 0.25) is 5.28 Å². The van der Waals surface area contributed by atoms with E-state index in [-0.39, 0.29) is 11.9 Å². The summed E-state index contributed by atoms with van der Waals surface area (Å²) in [4.78, 5) is 9.96. The molecular weight excluding hydrogens is 202 g/mol. The van der Waals surface area contributed by atoms with Crippen LogP contribution in [0.5, 0.6) is 0 Å². The molecular formula is C9H14ClN3O. The third-order valence-electron chi connectivity index (χ3n) is 1.90. The van der Waals surface area contributed by atoms with Crippen molar-refractivity contribution in [3.8, 4) is 0 Å². The van der Waals surface area contributed by atoms with E-state index >= 15 is 0 Å². The SMILES string of the molecule is CCN(CCCO)c1ccnc(Cl)n1. The molecule has 0 aromatic carbocycles. The van der Waals surface area contributed by atoms with Gasteiger partial charge < -0.3 is 10.0 Å². The number of halogens is 1. The van der Waals surface area contributed by atoms with Crippen LogP contribution in [0.25, 0.3) is 0 Å². The van der Waals surface area contributed by atoms with Crippen molar-refractivity contribution in [2.24, 2.45) is 0 Å². The van der Waals surface area contributed by atoms with Crippen LogP contribution in [0, 0.1) is 0 Å². The van der Waals surface area contributed by atoms with Crippen molar-refractivity contribution in [2.45, 2.75) is 13.3 Å². The van der Waals surface area contributed by atoms with Gasteiger partial charge in [0.05, 0.1) is 0 Å². The Bertz CT molecular complexity index is 283. The van der Waals surface area contributed by atoms with Crippen molar-refractivity contribution in [1.82, 2.24) is 9.97 Å². The first-order valence-corrected chi connectivity index (χ1v) is 5.00. The molecule has 0 fully saturated rings. The Balaban J connectivity index is 2.68. The number of aromatic nitrogens is 2. The van der Waals surface area contributed by atoms with Crippen molar-refractivity contribution in [1.29, 1.82) is 0 Å². The summed E-state index contributed by atoms with van der Waals surface area (Å²) < 4.78 is 0. The summed E-state index contributed by atoms with van der Waals surface area (Å²) in [6, 6.07) is 1.81. The molecule has 0 amide bonds. The van der Waals surface area contributed by atoms with E-state index in [0.29, 0.717) is 0 Å². The molecule has 0 atom stereocenters. The van der Waals surface area contributed by atoms with Crippen LogP contribution in [-0.2, 0) is 0 Å². The molecule has 78 valence electrons. The molecule has 0 spiro atoms. The quantitative estimate of drug-likeness (QED) is 0.754. The normalized spacial score (nSPS) is 10.2. The summed E-state index contributed by atoms with van der Waals surface area (Å²) in [6.07, 6.45) is 2.36. The predicted octanol–water partition coefficient (Wildman–Crippen LogP) is 1.34. The van der Waals surface area contributed by atoms with Crippen LogP contribution in [-0.4, -0.2) is 34.8 Å². The summed E-state index contributed by atoms with van der Waals surface area (Å²) in [5.74, 6) is 0.806. The van der Waals surface area contributed by atoms with E-state index in [1.165, 1.54) is 0 Å². The number of aliphatic hydroxyl groups excluding tert-OH is 1. The van der Waals surface area contributed by atoms with Gasteiger partial charge in [-0.15, -0.1) is 0 Å². The van der Waals surface area contributed by atoms with Crippen LogP contribution in [0.3, 0.4) is 0 Å². The Morgan fingerprint density at radius 1 is 1.57 bits per heavy atom. The number of hydrogen-bond acceptors (Lipinski definition) is 4. The summed E-state index contributed by atoms with van der Waals surface area (Å²) in [6.45, 7) is 3.84. The highest BCUT2D eigenvalue weighted by Crippen LogP contribution is 2.11. The number of aliphatic hydroxyl groups is 1. The average molecular weight is 216 g/mol. The van der Waals surface area contributed by atoms with Crippen LogP contribution in [0.1, 0.15) is 13.3 Å². The fourth-order valence-corrected chi connectivity index (χ4v) is 1.34. The first kappa shape index (κ1) is 11.2. The Morgan fingerprint density at radius 2 is 2.36 bits per heavy atom. The highest BCUT2D eigenvalue weighted by atomic mass is 35.5. The van der Waals surface area contributed by atoms with Crippen molar-refractivity contribution < 1.29 is 5.11 Å². The number of hydrogen-bond donors (Lipinski definition) is 1. The third kappa shape index (κ3) is 3.12. The number of nitrogens with zero attached hydrogens (tertiary/aromatic N) is 3. The van der Waals surface area contributed by atoms with E-state index < -0.39 is 0 Å². The van der Waals surface area contributed by atoms with Crippen LogP contribution in [0.4, 0.5) is 5.82 Å². The van der Waals surface area contributed by atoms with Gasteiger partial charge in [0.25, 0.3) is 0 Å². The minimum absolute atomic E-state index is 0.190. The Hall–Kier alpha value is -0.870. The van der Waals surface area contributed by atoms with Gasteiger partial charge in [0.2, 0.25) is 5.28 Å². The molecule has 1 N–H and O–H groups in total. The Labute approximate surface area is 88.6 Å². The number of anilines is 1. The molecule has 0 aliphatic rings. The van der Waals surface area contributed by atoms with Gasteiger partial charge >= 0.3 is 0 Å². The summed E-state index contributed by atoms with van der Waals surface area (Å²) in [5.41, 5.74) is 0. The molecule has 0 aliphatic heterocycles. The standard InChI is InChI=1S/C9H14ClN3O/c1-2-13(6-3-7-14)8-4-5-11-9(10)12-8/h4-5,14H,2-3,6-7H2,1H3. The second kappa shape index (κ2) is 5.78. The lowest BCUT2D eigenvalue weighted by atomic mass is 10.4. The lowest BCUT2D eigenvalue weighted by molar-refractivity contribution is 0.289. The zero-order valence-electron chi connectivity index (χ0n) is 8.15. The minimum Gasteiger partial charge on any atom is -0.396 e. The zero-order chi connectivity index (χ0) is 10.4. The average Bonchev–Trinajstić information content (AvgIpc) is 2.19. The lowest BCUT2D eigenvalue weighted by Gasteiger charge is -2.21. The van der Waals surface area contributed by atoms with E-state index in [9.17, 15) is 0 Å². The molecule has 5 heteroatoms. The molecule has 1 rings (SSSR count). The number of rotatable bonds is 5. The van der Waals surface area contributed by atoms with Gasteiger partial charge in [-0.3, -0.25) is 0 Å². The van der Waals surface area contributed by atoms with Crippen molar-refractivity contribution in [2.75, 3.05) is 24.6 Å². The molecule has 0 saturated heterocycles. The Morgan fingerprint density at radius 3 is 2.93 bits per heavy atom. The van der Waals surface area contributed by atoms with Crippen molar-refractivity contribution in [3.05, 3.63) is 17.5 Å².